The van der Waals surface area contributed by atoms with Gasteiger partial charge in [-0.2, -0.15) is 0 Å². The van der Waals surface area contributed by atoms with Gasteiger partial charge in [0.2, 0.25) is 0 Å². The van der Waals surface area contributed by atoms with Gasteiger partial charge >= 0.3 is 0 Å². The van der Waals surface area contributed by atoms with Gasteiger partial charge in [-0.05, 0) is 46.0 Å². The average Bonchev–Trinajstić information content (AvgIpc) is 2.29. The Balaban J connectivity index is 5.47. The Kier molecular flexibility index (Phi) is 7.42. The molecule has 0 bridgehead atoms. The van der Waals surface area contributed by atoms with E-state index in [1.165, 1.54) is 0 Å². The molecule has 160 valence electrons. The van der Waals surface area contributed by atoms with Crippen LogP contribution in [0.3, 0.4) is 0 Å². The molecule has 0 radical (unpaired) electrons. The number of Topliss-reactive ketones (excluding diaryl/α,β-unsaturated/α-hetero) is 2. The lowest BCUT2D eigenvalue weighted by atomic mass is 9.69. The van der Waals surface area contributed by atoms with Gasteiger partial charge in [-0.1, -0.05) is 69.2 Å². The van der Waals surface area contributed by atoms with Crippen LogP contribution in [0.4, 0.5) is 0 Å². The fraction of sp³-hybridized carbons (Fsp3) is 0.917. The average molecular weight is 383 g/mol. The molecule has 0 N–H and O–H groups in total. The van der Waals surface area contributed by atoms with Crippen LogP contribution in [0.25, 0.3) is 0 Å². The second-order valence-corrected chi connectivity index (χ2v) is 13.0. The van der Waals surface area contributed by atoms with Crippen molar-refractivity contribution in [3.05, 3.63) is 0 Å². The second kappa shape index (κ2) is 7.61. The molecule has 0 saturated carbocycles. The first-order valence-electron chi connectivity index (χ1n) is 10.2. The summed E-state index contributed by atoms with van der Waals surface area (Å²) in [6.07, 6.45) is 1.35. The molecule has 0 heterocycles. The molecule has 0 amide bonds. The Morgan fingerprint density at radius 3 is 1.30 bits per heavy atom. The quantitative estimate of drug-likeness (QED) is 0.473. The fourth-order valence-electron chi connectivity index (χ4n) is 5.15. The molecular weight excluding hydrogens is 336 g/mol. The zero-order valence-electron chi connectivity index (χ0n) is 20.6. The molecule has 0 aliphatic rings. The molecule has 3 heteroatoms. The van der Waals surface area contributed by atoms with E-state index >= 15 is 0 Å². The molecule has 0 aromatic heterocycles. The summed E-state index contributed by atoms with van der Waals surface area (Å²) in [5.41, 5.74) is -2.86. The van der Waals surface area contributed by atoms with E-state index in [4.69, 9.17) is 4.74 Å². The van der Waals surface area contributed by atoms with Gasteiger partial charge in [-0.25, -0.2) is 0 Å². The van der Waals surface area contributed by atoms with Crippen molar-refractivity contribution in [3.63, 3.8) is 0 Å². The number of ether oxygens (including phenoxy) is 1. The van der Waals surface area contributed by atoms with E-state index in [1.807, 2.05) is 76.2 Å². The predicted molar refractivity (Wildman–Crippen MR) is 115 cm³/mol. The van der Waals surface area contributed by atoms with E-state index in [0.717, 1.165) is 6.42 Å². The molecule has 27 heavy (non-hydrogen) atoms. The summed E-state index contributed by atoms with van der Waals surface area (Å²) >= 11 is 0. The largest absolute Gasteiger partial charge is 0.362 e. The van der Waals surface area contributed by atoms with Crippen molar-refractivity contribution in [2.45, 2.75) is 121 Å². The van der Waals surface area contributed by atoms with Gasteiger partial charge < -0.3 is 4.74 Å². The Hall–Kier alpha value is -0.700. The third-order valence-electron chi connectivity index (χ3n) is 4.83. The molecule has 0 unspecified atom stereocenters. The van der Waals surface area contributed by atoms with Gasteiger partial charge in [-0.15, -0.1) is 0 Å². The standard InChI is InChI=1S/C24H46O3/c1-19(2,3)15-21(7,8)18(26)24(13,14)27-23(11,12)16-22(9,10)17(25)20(4,5)6/h15-16H2,1-14H3. The first-order valence-corrected chi connectivity index (χ1v) is 10.2. The van der Waals surface area contributed by atoms with Gasteiger partial charge in [0.1, 0.15) is 11.4 Å². The predicted octanol–water partition coefficient (Wildman–Crippen LogP) is 6.62. The molecule has 0 atom stereocenters. The Labute approximate surface area is 169 Å². The van der Waals surface area contributed by atoms with Crippen LogP contribution < -0.4 is 0 Å². The number of hydrogen-bond donors (Lipinski definition) is 0. The lowest BCUT2D eigenvalue weighted by molar-refractivity contribution is -0.176. The van der Waals surface area contributed by atoms with Crippen LogP contribution >= 0.6 is 0 Å². The highest BCUT2D eigenvalue weighted by atomic mass is 16.5. The third-order valence-corrected chi connectivity index (χ3v) is 4.83. The van der Waals surface area contributed by atoms with Crippen molar-refractivity contribution in [3.8, 4) is 0 Å². The summed E-state index contributed by atoms with van der Waals surface area (Å²) in [6.45, 7) is 28.0. The van der Waals surface area contributed by atoms with Crippen molar-refractivity contribution in [1.82, 2.24) is 0 Å². The van der Waals surface area contributed by atoms with Crippen molar-refractivity contribution in [2.24, 2.45) is 21.7 Å². The van der Waals surface area contributed by atoms with Crippen LogP contribution in [0.5, 0.6) is 0 Å². The lowest BCUT2D eigenvalue weighted by Gasteiger charge is -2.43. The van der Waals surface area contributed by atoms with E-state index in [1.54, 1.807) is 0 Å². The van der Waals surface area contributed by atoms with Crippen LogP contribution in [-0.2, 0) is 14.3 Å². The summed E-state index contributed by atoms with van der Waals surface area (Å²) in [5, 5.41) is 0. The molecule has 0 rings (SSSR count). The summed E-state index contributed by atoms with van der Waals surface area (Å²) in [7, 11) is 0. The molecule has 0 aromatic rings. The van der Waals surface area contributed by atoms with E-state index in [-0.39, 0.29) is 17.0 Å². The van der Waals surface area contributed by atoms with E-state index < -0.39 is 27.4 Å². The van der Waals surface area contributed by atoms with Gasteiger partial charge in [0.05, 0.1) is 5.60 Å². The van der Waals surface area contributed by atoms with Crippen molar-refractivity contribution in [1.29, 1.82) is 0 Å². The molecule has 0 spiro atoms. The van der Waals surface area contributed by atoms with Crippen LogP contribution in [0, 0.1) is 21.7 Å². The third kappa shape index (κ3) is 8.05. The van der Waals surface area contributed by atoms with Crippen LogP contribution in [0.2, 0.25) is 0 Å². The van der Waals surface area contributed by atoms with Crippen molar-refractivity contribution in [2.75, 3.05) is 0 Å². The van der Waals surface area contributed by atoms with Gasteiger partial charge in [-0.3, -0.25) is 9.59 Å². The maximum Gasteiger partial charge on any atom is 0.169 e. The summed E-state index contributed by atoms with van der Waals surface area (Å²) in [5.74, 6) is 0.321. The topological polar surface area (TPSA) is 43.4 Å². The second-order valence-electron chi connectivity index (χ2n) is 13.0. The van der Waals surface area contributed by atoms with Crippen LogP contribution in [-0.4, -0.2) is 22.8 Å². The van der Waals surface area contributed by atoms with E-state index in [9.17, 15) is 9.59 Å². The first kappa shape index (κ1) is 26.3. The van der Waals surface area contributed by atoms with Crippen LogP contribution in [0.15, 0.2) is 0 Å². The maximum absolute atomic E-state index is 13.3. The first-order chi connectivity index (χ1) is 11.4. The number of ketones is 2. The Bertz CT molecular complexity index is 549. The minimum Gasteiger partial charge on any atom is -0.362 e. The molecular formula is C24H46O3. The number of hydrogen-bond acceptors (Lipinski definition) is 3. The van der Waals surface area contributed by atoms with Crippen molar-refractivity contribution < 1.29 is 14.3 Å². The monoisotopic (exact) mass is 382 g/mol. The van der Waals surface area contributed by atoms with E-state index in [0.29, 0.717) is 6.42 Å². The van der Waals surface area contributed by atoms with Crippen molar-refractivity contribution >= 4 is 11.6 Å². The molecule has 0 saturated heterocycles. The number of carbonyl (C=O) groups is 2. The Morgan fingerprint density at radius 2 is 0.963 bits per heavy atom. The van der Waals surface area contributed by atoms with Gasteiger partial charge in [0.25, 0.3) is 0 Å². The number of rotatable bonds is 8. The summed E-state index contributed by atoms with van der Waals surface area (Å²) in [6, 6.07) is 0. The fourth-order valence-corrected chi connectivity index (χ4v) is 5.15. The number of carbonyl (C=O) groups excluding carboxylic acids is 2. The smallest absolute Gasteiger partial charge is 0.169 e. The SMILES string of the molecule is CC(C)(C)CC(C)(C)C(=O)C(C)(C)OC(C)(C)CC(C)(C)C(=O)C(C)(C)C. The molecule has 0 aliphatic carbocycles. The Morgan fingerprint density at radius 1 is 0.593 bits per heavy atom. The van der Waals surface area contributed by atoms with Gasteiger partial charge in [0.15, 0.2) is 5.78 Å². The summed E-state index contributed by atoms with van der Waals surface area (Å²) in [4.78, 5) is 26.2. The maximum atomic E-state index is 13.3. The van der Waals surface area contributed by atoms with E-state index in [2.05, 4.69) is 20.8 Å². The highest BCUT2D eigenvalue weighted by molar-refractivity contribution is 5.91. The minimum absolute atomic E-state index is 0.0614. The zero-order valence-corrected chi connectivity index (χ0v) is 20.6. The van der Waals surface area contributed by atoms with Crippen LogP contribution in [0.1, 0.15) is 110 Å². The summed E-state index contributed by atoms with van der Waals surface area (Å²) < 4.78 is 6.38. The molecule has 3 nitrogen and oxygen atoms in total. The molecule has 0 fully saturated rings. The molecule has 0 aromatic carbocycles. The highest BCUT2D eigenvalue weighted by Crippen LogP contribution is 2.41. The zero-order chi connectivity index (χ0) is 22.3. The lowest BCUT2D eigenvalue weighted by Crippen LogP contribution is -2.51. The normalized spacial score (nSPS) is 15.0. The minimum atomic E-state index is -0.918. The molecule has 0 aliphatic heterocycles. The highest BCUT2D eigenvalue weighted by Gasteiger charge is 2.47. The van der Waals surface area contributed by atoms with Gasteiger partial charge in [0, 0.05) is 16.2 Å².